The zero-order chi connectivity index (χ0) is 16.7. The monoisotopic (exact) mass is 372 g/mol. The fourth-order valence-corrected chi connectivity index (χ4v) is 3.93. The number of imidazole rings is 1. The number of benzene rings is 2. The van der Waals surface area contributed by atoms with Gasteiger partial charge in [-0.2, -0.15) is 0 Å². The highest BCUT2D eigenvalue weighted by molar-refractivity contribution is 7.15. The average molecular weight is 373 g/mol. The van der Waals surface area contributed by atoms with Crippen LogP contribution in [0, 0.1) is 6.92 Å². The fraction of sp³-hybridized carbons (Fsp3) is 0.105. The Kier molecular flexibility index (Phi) is 4.09. The predicted octanol–water partition coefficient (Wildman–Crippen LogP) is 6.43. The Labute approximate surface area is 154 Å². The van der Waals surface area contributed by atoms with Crippen molar-refractivity contribution in [2.75, 3.05) is 0 Å². The van der Waals surface area contributed by atoms with Gasteiger partial charge in [-0.05, 0) is 55.0 Å². The van der Waals surface area contributed by atoms with E-state index in [4.69, 9.17) is 28.2 Å². The minimum atomic E-state index is 0.716. The van der Waals surface area contributed by atoms with Crippen molar-refractivity contribution < 1.29 is 0 Å². The number of nitrogens with zero attached hydrogens (tertiary/aromatic N) is 2. The molecule has 0 aliphatic heterocycles. The van der Waals surface area contributed by atoms with Crippen LogP contribution in [0.1, 0.15) is 10.4 Å². The second-order valence-electron chi connectivity index (χ2n) is 5.69. The summed E-state index contributed by atoms with van der Waals surface area (Å²) in [6, 6.07) is 18.0. The van der Waals surface area contributed by atoms with Crippen LogP contribution in [0.4, 0.5) is 0 Å². The normalized spacial score (nSPS) is 11.3. The van der Waals surface area contributed by atoms with Gasteiger partial charge < -0.3 is 4.57 Å². The molecule has 0 aliphatic carbocycles. The second-order valence-corrected chi connectivity index (χ2v) is 7.85. The van der Waals surface area contributed by atoms with Crippen LogP contribution in [-0.2, 0) is 6.54 Å². The molecule has 2 nitrogen and oxygen atoms in total. The lowest BCUT2D eigenvalue weighted by atomic mass is 10.2. The van der Waals surface area contributed by atoms with E-state index < -0.39 is 0 Å². The zero-order valence-corrected chi connectivity index (χ0v) is 15.3. The van der Waals surface area contributed by atoms with Gasteiger partial charge >= 0.3 is 0 Å². The summed E-state index contributed by atoms with van der Waals surface area (Å²) in [5, 5.41) is 1.46. The van der Waals surface area contributed by atoms with E-state index in [1.807, 2.05) is 42.5 Å². The Morgan fingerprint density at radius 2 is 1.71 bits per heavy atom. The SMILES string of the molecule is Cc1ccc(-c2nc3ccc(Cl)cc3n2Cc2ccc(Cl)cc2)s1. The molecule has 0 amide bonds. The number of halogens is 2. The smallest absolute Gasteiger partial charge is 0.151 e. The van der Waals surface area contributed by atoms with Crippen molar-refractivity contribution in [3.63, 3.8) is 0 Å². The van der Waals surface area contributed by atoms with Gasteiger partial charge in [0.05, 0.1) is 15.9 Å². The van der Waals surface area contributed by atoms with Crippen molar-refractivity contribution in [3.8, 4) is 10.7 Å². The zero-order valence-electron chi connectivity index (χ0n) is 13.0. The number of rotatable bonds is 3. The lowest BCUT2D eigenvalue weighted by molar-refractivity contribution is 0.836. The van der Waals surface area contributed by atoms with Crippen molar-refractivity contribution in [2.24, 2.45) is 0 Å². The third-order valence-electron chi connectivity index (χ3n) is 3.92. The maximum atomic E-state index is 6.22. The number of hydrogen-bond donors (Lipinski definition) is 0. The van der Waals surface area contributed by atoms with E-state index in [1.165, 1.54) is 10.4 Å². The first-order valence-corrected chi connectivity index (χ1v) is 9.14. The summed E-state index contributed by atoms with van der Waals surface area (Å²) < 4.78 is 2.22. The van der Waals surface area contributed by atoms with Gasteiger partial charge in [-0.3, -0.25) is 0 Å². The molecular weight excluding hydrogens is 359 g/mol. The third-order valence-corrected chi connectivity index (χ3v) is 5.41. The molecule has 4 rings (SSSR count). The van der Waals surface area contributed by atoms with Gasteiger partial charge in [0.1, 0.15) is 0 Å². The average Bonchev–Trinajstić information content (AvgIpc) is 3.14. The van der Waals surface area contributed by atoms with Crippen LogP contribution in [0.5, 0.6) is 0 Å². The molecule has 0 atom stereocenters. The van der Waals surface area contributed by atoms with Gasteiger partial charge in [0.2, 0.25) is 0 Å². The predicted molar refractivity (Wildman–Crippen MR) is 103 cm³/mol. The largest absolute Gasteiger partial charge is 0.319 e. The lowest BCUT2D eigenvalue weighted by Crippen LogP contribution is -2.01. The molecule has 0 bridgehead atoms. The quantitative estimate of drug-likeness (QED) is 0.405. The molecule has 0 unspecified atom stereocenters. The van der Waals surface area contributed by atoms with Crippen molar-refractivity contribution >= 4 is 45.6 Å². The van der Waals surface area contributed by atoms with Crippen molar-refractivity contribution in [3.05, 3.63) is 75.1 Å². The highest BCUT2D eigenvalue weighted by Gasteiger charge is 2.15. The van der Waals surface area contributed by atoms with Crippen LogP contribution in [-0.4, -0.2) is 9.55 Å². The van der Waals surface area contributed by atoms with Crippen LogP contribution < -0.4 is 0 Å². The molecule has 5 heteroatoms. The first kappa shape index (κ1) is 15.7. The maximum Gasteiger partial charge on any atom is 0.151 e. The van der Waals surface area contributed by atoms with Gasteiger partial charge in [-0.15, -0.1) is 11.3 Å². The number of aromatic nitrogens is 2. The van der Waals surface area contributed by atoms with E-state index in [1.54, 1.807) is 11.3 Å². The third kappa shape index (κ3) is 2.95. The molecule has 0 radical (unpaired) electrons. The van der Waals surface area contributed by atoms with Gasteiger partial charge in [-0.1, -0.05) is 35.3 Å². The molecule has 2 heterocycles. The molecule has 0 fully saturated rings. The van der Waals surface area contributed by atoms with Crippen LogP contribution in [0.15, 0.2) is 54.6 Å². The molecule has 24 heavy (non-hydrogen) atoms. The van der Waals surface area contributed by atoms with Gasteiger partial charge in [0, 0.05) is 21.5 Å². The van der Waals surface area contributed by atoms with E-state index in [2.05, 4.69) is 23.6 Å². The van der Waals surface area contributed by atoms with Crippen LogP contribution in [0.2, 0.25) is 10.0 Å². The molecule has 0 saturated heterocycles. The summed E-state index contributed by atoms with van der Waals surface area (Å²) in [6.45, 7) is 2.83. The molecule has 0 saturated carbocycles. The number of fused-ring (bicyclic) bond motifs is 1. The van der Waals surface area contributed by atoms with Crippen molar-refractivity contribution in [1.29, 1.82) is 0 Å². The van der Waals surface area contributed by atoms with E-state index in [-0.39, 0.29) is 0 Å². The molecule has 2 aromatic heterocycles. The van der Waals surface area contributed by atoms with Crippen LogP contribution in [0.3, 0.4) is 0 Å². The molecule has 2 aromatic carbocycles. The van der Waals surface area contributed by atoms with Crippen LogP contribution >= 0.6 is 34.5 Å². The maximum absolute atomic E-state index is 6.22. The molecule has 0 spiro atoms. The summed E-state index contributed by atoms with van der Waals surface area (Å²) in [5.41, 5.74) is 3.17. The minimum absolute atomic E-state index is 0.716. The Morgan fingerprint density at radius 1 is 0.958 bits per heavy atom. The van der Waals surface area contributed by atoms with Crippen LogP contribution in [0.25, 0.3) is 21.7 Å². The first-order valence-electron chi connectivity index (χ1n) is 7.57. The minimum Gasteiger partial charge on any atom is -0.319 e. The molecule has 0 aliphatic rings. The summed E-state index contributed by atoms with van der Waals surface area (Å²) >= 11 is 14.0. The second kappa shape index (κ2) is 6.25. The number of aryl methyl sites for hydroxylation is 1. The highest BCUT2D eigenvalue weighted by Crippen LogP contribution is 2.32. The summed E-state index contributed by atoms with van der Waals surface area (Å²) in [5.74, 6) is 0.973. The van der Waals surface area contributed by atoms with Gasteiger partial charge in [0.25, 0.3) is 0 Å². The summed E-state index contributed by atoms with van der Waals surface area (Å²) in [7, 11) is 0. The Hall–Kier alpha value is -1.81. The van der Waals surface area contributed by atoms with E-state index in [0.29, 0.717) is 5.02 Å². The van der Waals surface area contributed by atoms with Gasteiger partial charge in [0.15, 0.2) is 5.82 Å². The van der Waals surface area contributed by atoms with Crippen molar-refractivity contribution in [2.45, 2.75) is 13.5 Å². The lowest BCUT2D eigenvalue weighted by Gasteiger charge is -2.09. The van der Waals surface area contributed by atoms with Gasteiger partial charge in [-0.25, -0.2) is 4.98 Å². The molecule has 120 valence electrons. The first-order chi connectivity index (χ1) is 11.6. The molecular formula is C19H14Cl2N2S. The Morgan fingerprint density at radius 3 is 2.42 bits per heavy atom. The standard InChI is InChI=1S/C19H14Cl2N2S/c1-12-2-9-18(24-12)19-22-16-8-7-15(21)10-17(16)23(19)11-13-3-5-14(20)6-4-13/h2-10H,11H2,1H3. The molecule has 0 N–H and O–H groups in total. The molecule has 4 aromatic rings. The Bertz CT molecular complexity index is 1020. The summed E-state index contributed by atoms with van der Waals surface area (Å²) in [6.07, 6.45) is 0. The highest BCUT2D eigenvalue weighted by atomic mass is 35.5. The summed E-state index contributed by atoms with van der Waals surface area (Å²) in [4.78, 5) is 7.27. The van der Waals surface area contributed by atoms with E-state index in [9.17, 15) is 0 Å². The number of hydrogen-bond acceptors (Lipinski definition) is 2. The number of thiophene rings is 1. The Balaban J connectivity index is 1.89. The topological polar surface area (TPSA) is 17.8 Å². The van der Waals surface area contributed by atoms with E-state index in [0.717, 1.165) is 33.3 Å². The van der Waals surface area contributed by atoms with E-state index >= 15 is 0 Å². The van der Waals surface area contributed by atoms with Crippen molar-refractivity contribution in [1.82, 2.24) is 9.55 Å². The fourth-order valence-electron chi connectivity index (χ4n) is 2.77.